The van der Waals surface area contributed by atoms with Gasteiger partial charge in [-0.15, -0.1) is 5.10 Å². The number of pyridine rings is 1. The molecule has 0 atom stereocenters. The Bertz CT molecular complexity index is 1380. The van der Waals surface area contributed by atoms with Crippen molar-refractivity contribution in [3.8, 4) is 5.75 Å². The van der Waals surface area contributed by atoms with E-state index in [-0.39, 0.29) is 0 Å². The van der Waals surface area contributed by atoms with Crippen LogP contribution >= 0.6 is 11.6 Å². The van der Waals surface area contributed by atoms with Crippen molar-refractivity contribution in [3.05, 3.63) is 71.1 Å². The van der Waals surface area contributed by atoms with Gasteiger partial charge in [0.15, 0.2) is 0 Å². The zero-order valence-electron chi connectivity index (χ0n) is 19.8. The zero-order valence-corrected chi connectivity index (χ0v) is 20.5. The molecule has 0 unspecified atom stereocenters. The van der Waals surface area contributed by atoms with Gasteiger partial charge in [-0.05, 0) is 47.4 Å². The maximum atomic E-state index is 9.87. The molecule has 0 amide bonds. The molecular formula is C25H26BClN6O3. The summed E-state index contributed by atoms with van der Waals surface area (Å²) in [6, 6.07) is 13.6. The molecule has 2 aliphatic rings. The summed E-state index contributed by atoms with van der Waals surface area (Å²) >= 11 is 6.14. The van der Waals surface area contributed by atoms with Crippen LogP contribution in [0.2, 0.25) is 5.02 Å². The Balaban J connectivity index is 0.992. The van der Waals surface area contributed by atoms with Gasteiger partial charge in [0.05, 0.1) is 24.9 Å². The van der Waals surface area contributed by atoms with E-state index in [0.29, 0.717) is 24.0 Å². The van der Waals surface area contributed by atoms with E-state index in [1.54, 1.807) is 0 Å². The van der Waals surface area contributed by atoms with Crippen LogP contribution < -0.4 is 15.1 Å². The van der Waals surface area contributed by atoms with Gasteiger partial charge >= 0.3 is 7.12 Å². The van der Waals surface area contributed by atoms with Crippen LogP contribution in [0.4, 0.5) is 5.69 Å². The third-order valence-electron chi connectivity index (χ3n) is 6.79. The number of piperazine rings is 1. The molecule has 6 rings (SSSR count). The summed E-state index contributed by atoms with van der Waals surface area (Å²) in [5.41, 5.74) is 4.65. The number of nitrogens with zero attached hydrogens (tertiary/aromatic N) is 6. The van der Waals surface area contributed by atoms with Gasteiger partial charge in [-0.2, -0.15) is 0 Å². The minimum atomic E-state index is -0.880. The molecular weight excluding hydrogens is 479 g/mol. The number of hydrogen-bond donors (Lipinski definition) is 1. The molecule has 0 aliphatic carbocycles. The molecule has 0 bridgehead atoms. The smallest absolute Gasteiger partial charge is 0.487 e. The van der Waals surface area contributed by atoms with E-state index in [9.17, 15) is 5.02 Å². The molecule has 184 valence electrons. The Hall–Kier alpha value is -3.18. The van der Waals surface area contributed by atoms with E-state index in [1.807, 2.05) is 47.4 Å². The lowest BCUT2D eigenvalue weighted by Gasteiger charge is -2.36. The van der Waals surface area contributed by atoms with Crippen LogP contribution in [0.25, 0.3) is 10.9 Å². The number of halogens is 1. The lowest BCUT2D eigenvalue weighted by molar-refractivity contribution is 0.244. The van der Waals surface area contributed by atoms with Gasteiger partial charge in [-0.1, -0.05) is 22.9 Å². The Kier molecular flexibility index (Phi) is 6.49. The van der Waals surface area contributed by atoms with Crippen LogP contribution in [0.3, 0.4) is 0 Å². The molecule has 2 aromatic carbocycles. The number of hydrogen-bond acceptors (Lipinski definition) is 8. The van der Waals surface area contributed by atoms with Gasteiger partial charge < -0.3 is 19.3 Å². The van der Waals surface area contributed by atoms with Crippen molar-refractivity contribution >= 4 is 40.8 Å². The first kappa shape index (κ1) is 23.2. The average molecular weight is 505 g/mol. The summed E-state index contributed by atoms with van der Waals surface area (Å²) in [5, 5.41) is 20.2. The normalized spacial score (nSPS) is 16.1. The van der Waals surface area contributed by atoms with E-state index in [0.717, 1.165) is 66.9 Å². The average Bonchev–Trinajstić information content (AvgIpc) is 3.52. The molecule has 1 fully saturated rings. The number of aromatic nitrogens is 4. The summed E-state index contributed by atoms with van der Waals surface area (Å²) in [4.78, 5) is 9.33. The predicted molar refractivity (Wildman–Crippen MR) is 139 cm³/mol. The van der Waals surface area contributed by atoms with E-state index < -0.39 is 7.12 Å². The summed E-state index contributed by atoms with van der Waals surface area (Å²) < 4.78 is 13.0. The van der Waals surface area contributed by atoms with Crippen LogP contribution in [0, 0.1) is 0 Å². The maximum absolute atomic E-state index is 9.87. The Labute approximate surface area is 214 Å². The zero-order chi connectivity index (χ0) is 24.5. The molecule has 4 aromatic rings. The second kappa shape index (κ2) is 10.1. The van der Waals surface area contributed by atoms with Crippen molar-refractivity contribution in [1.29, 1.82) is 0 Å². The molecule has 4 heterocycles. The molecule has 2 aliphatic heterocycles. The van der Waals surface area contributed by atoms with Crippen LogP contribution in [-0.2, 0) is 24.4 Å². The SMILES string of the molecule is OB1OCc2ccc(OCc3cn(CCN4CCN(c5ccnc6cc(Cl)ccc56)CC4)nn3)cc21. The van der Waals surface area contributed by atoms with Gasteiger partial charge in [-0.25, -0.2) is 0 Å². The van der Waals surface area contributed by atoms with Gasteiger partial charge in [0.2, 0.25) is 0 Å². The van der Waals surface area contributed by atoms with Crippen molar-refractivity contribution in [2.45, 2.75) is 19.8 Å². The highest BCUT2D eigenvalue weighted by molar-refractivity contribution is 6.61. The second-order valence-electron chi connectivity index (χ2n) is 9.11. The molecule has 1 N–H and O–H groups in total. The highest BCUT2D eigenvalue weighted by atomic mass is 35.5. The predicted octanol–water partition coefficient (Wildman–Crippen LogP) is 2.10. The number of ether oxygens (including phenoxy) is 1. The number of anilines is 1. The first-order valence-electron chi connectivity index (χ1n) is 12.1. The Morgan fingerprint density at radius 2 is 1.94 bits per heavy atom. The number of fused-ring (bicyclic) bond motifs is 2. The highest BCUT2D eigenvalue weighted by Gasteiger charge is 2.27. The standard InChI is InChI=1S/C25H26BClN6O3/c27-19-2-4-22-24(13-19)28-6-5-25(22)32-10-7-31(8-11-32)9-12-33-15-20(29-30-33)17-35-21-3-1-18-16-36-26(34)23(18)14-21/h1-6,13-15,34H,7-12,16-17H2. The third kappa shape index (κ3) is 4.90. The van der Waals surface area contributed by atoms with Gasteiger partial charge in [0.1, 0.15) is 18.1 Å². The van der Waals surface area contributed by atoms with E-state index in [4.69, 9.17) is 21.0 Å². The first-order chi connectivity index (χ1) is 17.6. The van der Waals surface area contributed by atoms with Crippen molar-refractivity contribution in [1.82, 2.24) is 24.9 Å². The van der Waals surface area contributed by atoms with Crippen LogP contribution in [0.1, 0.15) is 11.3 Å². The molecule has 0 saturated carbocycles. The fourth-order valence-corrected chi connectivity index (χ4v) is 4.96. The number of rotatable bonds is 7. The summed E-state index contributed by atoms with van der Waals surface area (Å²) in [7, 11) is -0.880. The lowest BCUT2D eigenvalue weighted by Crippen LogP contribution is -2.47. The fraction of sp³-hybridized carbons (Fsp3) is 0.320. The Morgan fingerprint density at radius 3 is 2.83 bits per heavy atom. The molecule has 1 saturated heterocycles. The quantitative estimate of drug-likeness (QED) is 0.383. The summed E-state index contributed by atoms with van der Waals surface area (Å²) in [5.74, 6) is 0.677. The van der Waals surface area contributed by atoms with Gasteiger partial charge in [0.25, 0.3) is 0 Å². The maximum Gasteiger partial charge on any atom is 0.491 e. The van der Waals surface area contributed by atoms with Crippen LogP contribution in [0.5, 0.6) is 5.75 Å². The third-order valence-corrected chi connectivity index (χ3v) is 7.03. The van der Waals surface area contributed by atoms with Crippen LogP contribution in [-0.4, -0.2) is 69.7 Å². The van der Waals surface area contributed by atoms with Crippen molar-refractivity contribution in [2.75, 3.05) is 37.6 Å². The van der Waals surface area contributed by atoms with Crippen LogP contribution in [0.15, 0.2) is 54.9 Å². The van der Waals surface area contributed by atoms with Gasteiger partial charge in [-0.3, -0.25) is 14.6 Å². The molecule has 0 radical (unpaired) electrons. The molecule has 36 heavy (non-hydrogen) atoms. The second-order valence-corrected chi connectivity index (χ2v) is 9.54. The summed E-state index contributed by atoms with van der Waals surface area (Å²) in [6.07, 6.45) is 3.78. The topological polar surface area (TPSA) is 88.8 Å². The molecule has 2 aromatic heterocycles. The van der Waals surface area contributed by atoms with E-state index in [2.05, 4.69) is 37.2 Å². The van der Waals surface area contributed by atoms with Crippen molar-refractivity contribution in [3.63, 3.8) is 0 Å². The summed E-state index contributed by atoms with van der Waals surface area (Å²) in [6.45, 7) is 6.30. The molecule has 9 nitrogen and oxygen atoms in total. The lowest BCUT2D eigenvalue weighted by atomic mass is 9.79. The molecule has 11 heteroatoms. The first-order valence-corrected chi connectivity index (χ1v) is 12.5. The monoisotopic (exact) mass is 504 g/mol. The van der Waals surface area contributed by atoms with E-state index in [1.165, 1.54) is 5.69 Å². The van der Waals surface area contributed by atoms with Crippen molar-refractivity contribution < 1.29 is 14.4 Å². The Morgan fingerprint density at radius 1 is 1.06 bits per heavy atom. The molecule has 0 spiro atoms. The highest BCUT2D eigenvalue weighted by Crippen LogP contribution is 2.28. The van der Waals surface area contributed by atoms with Gasteiger partial charge in [0, 0.05) is 55.0 Å². The van der Waals surface area contributed by atoms with Crippen molar-refractivity contribution in [2.24, 2.45) is 0 Å². The largest absolute Gasteiger partial charge is 0.491 e. The number of benzene rings is 2. The fourth-order valence-electron chi connectivity index (χ4n) is 4.79. The minimum absolute atomic E-state index is 0.319. The minimum Gasteiger partial charge on any atom is -0.487 e. The van der Waals surface area contributed by atoms with E-state index >= 15 is 0 Å².